The van der Waals surface area contributed by atoms with Gasteiger partial charge in [-0.25, -0.2) is 0 Å². The van der Waals surface area contributed by atoms with Crippen molar-refractivity contribution in [2.75, 3.05) is 37.7 Å². The fourth-order valence-corrected chi connectivity index (χ4v) is 3.01. The molecule has 1 saturated carbocycles. The maximum atomic E-state index is 12.8. The molecule has 1 aromatic carbocycles. The summed E-state index contributed by atoms with van der Waals surface area (Å²) in [6.07, 6.45) is 2.49. The molecule has 1 aliphatic heterocycles. The summed E-state index contributed by atoms with van der Waals surface area (Å²) in [5, 5.41) is 0. The van der Waals surface area contributed by atoms with Crippen molar-refractivity contribution in [2.24, 2.45) is 5.92 Å². The van der Waals surface area contributed by atoms with Crippen LogP contribution in [-0.2, 0) is 9.53 Å². The van der Waals surface area contributed by atoms with Crippen molar-refractivity contribution in [1.82, 2.24) is 4.90 Å². The maximum Gasteiger partial charge on any atom is 0.241 e. The molecule has 4 heteroatoms. The van der Waals surface area contributed by atoms with Gasteiger partial charge in [-0.05, 0) is 37.8 Å². The van der Waals surface area contributed by atoms with Gasteiger partial charge in [0.15, 0.2) is 0 Å². The Bertz CT molecular complexity index is 467. The van der Waals surface area contributed by atoms with Crippen molar-refractivity contribution < 1.29 is 9.53 Å². The number of rotatable bonds is 5. The lowest BCUT2D eigenvalue weighted by Crippen LogP contribution is -2.48. The highest BCUT2D eigenvalue weighted by Gasteiger charge is 2.35. The summed E-state index contributed by atoms with van der Waals surface area (Å²) in [5.74, 6) is 0.876. The zero-order chi connectivity index (χ0) is 14.7. The summed E-state index contributed by atoms with van der Waals surface area (Å²) in [5.41, 5.74) is 1.02. The Balaban J connectivity index is 1.72. The Hall–Kier alpha value is -1.39. The van der Waals surface area contributed by atoms with Crippen LogP contribution in [0.3, 0.4) is 0 Å². The molecule has 0 bridgehead atoms. The zero-order valence-corrected chi connectivity index (χ0v) is 12.7. The third kappa shape index (κ3) is 3.63. The second kappa shape index (κ2) is 6.58. The van der Waals surface area contributed by atoms with E-state index in [1.165, 1.54) is 12.8 Å². The molecule has 2 aliphatic rings. The van der Waals surface area contributed by atoms with Gasteiger partial charge < -0.3 is 9.64 Å². The minimum Gasteiger partial charge on any atom is -0.379 e. The molecule has 3 rings (SSSR count). The van der Waals surface area contributed by atoms with Gasteiger partial charge in [0.25, 0.3) is 0 Å². The number of carbonyl (C=O) groups excluding carboxylic acids is 1. The molecular formula is C17H24N2O2. The Morgan fingerprint density at radius 3 is 2.57 bits per heavy atom. The lowest BCUT2D eigenvalue weighted by Gasteiger charge is -2.33. The van der Waals surface area contributed by atoms with Crippen LogP contribution in [0.25, 0.3) is 0 Å². The van der Waals surface area contributed by atoms with E-state index in [2.05, 4.69) is 11.8 Å². The predicted molar refractivity (Wildman–Crippen MR) is 83.4 cm³/mol. The number of nitrogens with zero attached hydrogens (tertiary/aromatic N) is 2. The van der Waals surface area contributed by atoms with E-state index in [0.717, 1.165) is 32.0 Å². The van der Waals surface area contributed by atoms with E-state index in [1.807, 2.05) is 35.2 Å². The topological polar surface area (TPSA) is 32.8 Å². The number of hydrogen-bond acceptors (Lipinski definition) is 3. The van der Waals surface area contributed by atoms with E-state index < -0.39 is 0 Å². The summed E-state index contributed by atoms with van der Waals surface area (Å²) in [4.78, 5) is 17.0. The Labute approximate surface area is 126 Å². The molecule has 1 amide bonds. The molecule has 1 atom stereocenters. The third-order valence-corrected chi connectivity index (χ3v) is 4.48. The molecule has 1 saturated heterocycles. The molecule has 0 aromatic heterocycles. The molecule has 4 nitrogen and oxygen atoms in total. The molecule has 1 aliphatic carbocycles. The number of para-hydroxylation sites is 1. The first-order chi connectivity index (χ1) is 10.3. The van der Waals surface area contributed by atoms with Crippen molar-refractivity contribution in [3.05, 3.63) is 30.3 Å². The van der Waals surface area contributed by atoms with Gasteiger partial charge in [0.05, 0.1) is 19.8 Å². The Morgan fingerprint density at radius 2 is 1.95 bits per heavy atom. The van der Waals surface area contributed by atoms with Crippen molar-refractivity contribution in [1.29, 1.82) is 0 Å². The minimum atomic E-state index is 0.211. The molecule has 0 N–H and O–H groups in total. The average Bonchev–Trinajstić information content (AvgIpc) is 3.34. The van der Waals surface area contributed by atoms with Gasteiger partial charge in [-0.1, -0.05) is 18.2 Å². The normalized spacial score (nSPS) is 21.0. The van der Waals surface area contributed by atoms with Crippen LogP contribution in [0.15, 0.2) is 30.3 Å². The molecule has 0 spiro atoms. The number of carbonyl (C=O) groups is 1. The zero-order valence-electron chi connectivity index (χ0n) is 12.7. The quantitative estimate of drug-likeness (QED) is 0.832. The summed E-state index contributed by atoms with van der Waals surface area (Å²) in [6, 6.07) is 10.4. The van der Waals surface area contributed by atoms with Crippen LogP contribution in [0, 0.1) is 5.92 Å². The van der Waals surface area contributed by atoms with Crippen molar-refractivity contribution >= 4 is 11.6 Å². The van der Waals surface area contributed by atoms with E-state index in [1.54, 1.807) is 0 Å². The van der Waals surface area contributed by atoms with E-state index in [0.29, 0.717) is 18.5 Å². The molecule has 2 fully saturated rings. The van der Waals surface area contributed by atoms with Gasteiger partial charge in [-0.3, -0.25) is 9.69 Å². The highest BCUT2D eigenvalue weighted by Crippen LogP contribution is 2.37. The third-order valence-electron chi connectivity index (χ3n) is 4.48. The summed E-state index contributed by atoms with van der Waals surface area (Å²) in [7, 11) is 0. The number of morpholine rings is 1. The van der Waals surface area contributed by atoms with Crippen LogP contribution in [0.1, 0.15) is 19.8 Å². The van der Waals surface area contributed by atoms with Gasteiger partial charge in [0.1, 0.15) is 0 Å². The minimum absolute atomic E-state index is 0.211. The van der Waals surface area contributed by atoms with Crippen LogP contribution in [0.4, 0.5) is 5.69 Å². The lowest BCUT2D eigenvalue weighted by atomic mass is 10.1. The van der Waals surface area contributed by atoms with Crippen LogP contribution in [0.5, 0.6) is 0 Å². The van der Waals surface area contributed by atoms with Crippen LogP contribution in [-0.4, -0.2) is 49.7 Å². The van der Waals surface area contributed by atoms with Gasteiger partial charge in [0.2, 0.25) is 5.91 Å². The molecule has 1 heterocycles. The van der Waals surface area contributed by atoms with Gasteiger partial charge in [-0.15, -0.1) is 0 Å². The number of amides is 1. The first kappa shape index (κ1) is 14.5. The smallest absolute Gasteiger partial charge is 0.241 e. The first-order valence-corrected chi connectivity index (χ1v) is 7.93. The molecule has 1 unspecified atom stereocenters. The SMILES string of the molecule is CC(C1CC1)N(C(=O)CN1CCOCC1)c1ccccc1. The second-order valence-corrected chi connectivity index (χ2v) is 6.07. The van der Waals surface area contributed by atoms with E-state index in [9.17, 15) is 4.79 Å². The first-order valence-electron chi connectivity index (χ1n) is 7.93. The van der Waals surface area contributed by atoms with Crippen LogP contribution >= 0.6 is 0 Å². The number of anilines is 1. The standard InChI is InChI=1S/C17H24N2O2/c1-14(15-7-8-15)19(16-5-3-2-4-6-16)17(20)13-18-9-11-21-12-10-18/h2-6,14-15H,7-13H2,1H3. The Kier molecular flexibility index (Phi) is 4.56. The van der Waals surface area contributed by atoms with E-state index in [4.69, 9.17) is 4.74 Å². The highest BCUT2D eigenvalue weighted by atomic mass is 16.5. The lowest BCUT2D eigenvalue weighted by molar-refractivity contribution is -0.121. The Morgan fingerprint density at radius 1 is 1.29 bits per heavy atom. The van der Waals surface area contributed by atoms with Gasteiger partial charge >= 0.3 is 0 Å². The number of ether oxygens (including phenoxy) is 1. The van der Waals surface area contributed by atoms with Crippen molar-refractivity contribution in [2.45, 2.75) is 25.8 Å². The van der Waals surface area contributed by atoms with Crippen molar-refractivity contribution in [3.8, 4) is 0 Å². The van der Waals surface area contributed by atoms with Crippen molar-refractivity contribution in [3.63, 3.8) is 0 Å². The fraction of sp³-hybridized carbons (Fsp3) is 0.588. The average molecular weight is 288 g/mol. The van der Waals surface area contributed by atoms with E-state index in [-0.39, 0.29) is 5.91 Å². The van der Waals surface area contributed by atoms with Gasteiger partial charge in [0, 0.05) is 24.8 Å². The monoisotopic (exact) mass is 288 g/mol. The van der Waals surface area contributed by atoms with Crippen LogP contribution in [0.2, 0.25) is 0 Å². The van der Waals surface area contributed by atoms with Gasteiger partial charge in [-0.2, -0.15) is 0 Å². The fourth-order valence-electron chi connectivity index (χ4n) is 3.01. The molecule has 21 heavy (non-hydrogen) atoms. The highest BCUT2D eigenvalue weighted by molar-refractivity contribution is 5.95. The summed E-state index contributed by atoms with van der Waals surface area (Å²) < 4.78 is 5.36. The predicted octanol–water partition coefficient (Wildman–Crippen LogP) is 2.15. The molecule has 0 radical (unpaired) electrons. The molecular weight excluding hydrogens is 264 g/mol. The second-order valence-electron chi connectivity index (χ2n) is 6.07. The van der Waals surface area contributed by atoms with E-state index >= 15 is 0 Å². The number of hydrogen-bond donors (Lipinski definition) is 0. The maximum absolute atomic E-state index is 12.8. The summed E-state index contributed by atoms with van der Waals surface area (Å²) in [6.45, 7) is 5.85. The molecule has 1 aromatic rings. The van der Waals surface area contributed by atoms with Crippen LogP contribution < -0.4 is 4.90 Å². The largest absolute Gasteiger partial charge is 0.379 e. The molecule has 114 valence electrons. The number of benzene rings is 1. The summed E-state index contributed by atoms with van der Waals surface area (Å²) >= 11 is 0.